The quantitative estimate of drug-likeness (QED) is 0.100. The van der Waals surface area contributed by atoms with E-state index in [0.29, 0.717) is 5.52 Å². The normalized spacial score (nSPS) is 13.3. The summed E-state index contributed by atoms with van der Waals surface area (Å²) in [5.41, 5.74) is 5.80. The molecule has 0 N–H and O–H groups in total. The minimum atomic E-state index is -3.06. The van der Waals surface area contributed by atoms with Crippen LogP contribution in [0.25, 0.3) is 44.3 Å². The summed E-state index contributed by atoms with van der Waals surface area (Å²) in [5, 5.41) is 7.29. The molecule has 0 bridgehead atoms. The standard InChI is InChI=1S/C47H41N4Si/c1-47(2,3)34-28-29-48-46(30-34)51-42-23-12-11-22-40(42)41-27-26-39(32-45(41)51)52(36-17-7-5-8-18-36,37-19-9-6-10-20-37)38-21-15-16-35(31-38)50-33-49(4)43-24-13-14-25-44(43)50/h5-33H,1-4H3/q+1/i4D3. The molecule has 9 rings (SSSR count). The summed E-state index contributed by atoms with van der Waals surface area (Å²) in [6.45, 7) is 4.39. The zero-order valence-electron chi connectivity index (χ0n) is 32.5. The van der Waals surface area contributed by atoms with E-state index in [-0.39, 0.29) is 5.41 Å². The van der Waals surface area contributed by atoms with Crippen molar-refractivity contribution in [3.8, 4) is 11.5 Å². The Bertz CT molecular complexity index is 2810. The van der Waals surface area contributed by atoms with Gasteiger partial charge in [0.15, 0.2) is 19.1 Å². The zero-order valence-corrected chi connectivity index (χ0v) is 30.5. The molecule has 0 amide bonds. The van der Waals surface area contributed by atoms with Crippen LogP contribution in [0.5, 0.6) is 0 Å². The van der Waals surface area contributed by atoms with E-state index < -0.39 is 15.0 Å². The summed E-state index contributed by atoms with van der Waals surface area (Å²) >= 11 is 0. The van der Waals surface area contributed by atoms with Crippen molar-refractivity contribution in [2.75, 3.05) is 0 Å². The van der Waals surface area contributed by atoms with Crippen molar-refractivity contribution in [3.05, 3.63) is 182 Å². The van der Waals surface area contributed by atoms with Gasteiger partial charge in [0, 0.05) is 17.0 Å². The molecule has 252 valence electrons. The Kier molecular flexibility index (Phi) is 6.79. The maximum Gasteiger partial charge on any atom is 0.249 e. The highest BCUT2D eigenvalue weighted by Crippen LogP contribution is 2.33. The molecule has 3 heterocycles. The molecule has 0 saturated heterocycles. The SMILES string of the molecule is [2H]C([2H])([2H])[n+]1cn(-c2cccc([Si](c3ccccc3)(c3ccccc3)c3ccc4c5ccccc5n(-c5cc(C(C)(C)C)ccn5)c4c3)c2)c2ccccc21. The van der Waals surface area contributed by atoms with Crippen LogP contribution in [0.4, 0.5) is 0 Å². The molecule has 6 aromatic carbocycles. The Labute approximate surface area is 310 Å². The number of imidazole rings is 1. The number of hydrogen-bond acceptors (Lipinski definition) is 1. The van der Waals surface area contributed by atoms with Gasteiger partial charge in [-0.2, -0.15) is 4.57 Å². The second-order valence-electron chi connectivity index (χ2n) is 14.6. The number of para-hydroxylation sites is 3. The van der Waals surface area contributed by atoms with Gasteiger partial charge in [-0.05, 0) is 80.3 Å². The van der Waals surface area contributed by atoms with E-state index in [0.717, 1.165) is 28.1 Å². The lowest BCUT2D eigenvalue weighted by Crippen LogP contribution is -2.74. The number of fused-ring (bicyclic) bond motifs is 4. The van der Waals surface area contributed by atoms with Crippen molar-refractivity contribution in [3.63, 3.8) is 0 Å². The van der Waals surface area contributed by atoms with Crippen LogP contribution >= 0.6 is 0 Å². The molecule has 9 aromatic rings. The van der Waals surface area contributed by atoms with Crippen molar-refractivity contribution in [2.24, 2.45) is 6.98 Å². The molecule has 0 unspecified atom stereocenters. The molecule has 0 spiro atoms. The molecule has 0 aliphatic rings. The van der Waals surface area contributed by atoms with Crippen LogP contribution in [0, 0.1) is 0 Å². The molecule has 0 aliphatic heterocycles. The lowest BCUT2D eigenvalue weighted by Gasteiger charge is -2.34. The Hall–Kier alpha value is -6.04. The number of nitrogens with zero attached hydrogens (tertiary/aromatic N) is 4. The lowest BCUT2D eigenvalue weighted by atomic mass is 9.88. The molecule has 0 aliphatic carbocycles. The first kappa shape index (κ1) is 28.6. The van der Waals surface area contributed by atoms with E-state index in [2.05, 4.69) is 165 Å². The number of aromatic nitrogens is 4. The number of rotatable bonds is 6. The number of pyridine rings is 1. The fourth-order valence-electron chi connectivity index (χ4n) is 8.04. The number of benzene rings is 6. The fraction of sp³-hybridized carbons (Fsp3) is 0.106. The van der Waals surface area contributed by atoms with Crippen LogP contribution in [0.3, 0.4) is 0 Å². The van der Waals surface area contributed by atoms with Crippen molar-refractivity contribution in [2.45, 2.75) is 26.2 Å². The maximum absolute atomic E-state index is 8.32. The van der Waals surface area contributed by atoms with Crippen molar-refractivity contribution < 1.29 is 8.68 Å². The number of hydrogen-bond donors (Lipinski definition) is 0. The van der Waals surface area contributed by atoms with Gasteiger partial charge in [0.05, 0.1) is 22.1 Å². The second-order valence-corrected chi connectivity index (χ2v) is 18.4. The third-order valence-electron chi connectivity index (χ3n) is 10.6. The average molecular weight is 693 g/mol. The molecule has 0 saturated carbocycles. The van der Waals surface area contributed by atoms with Gasteiger partial charge in [-0.1, -0.05) is 136 Å². The van der Waals surface area contributed by atoms with Gasteiger partial charge < -0.3 is 0 Å². The molecule has 4 nitrogen and oxygen atoms in total. The largest absolute Gasteiger partial charge is 0.294 e. The Morgan fingerprint density at radius 1 is 0.577 bits per heavy atom. The molecular weight excluding hydrogens is 649 g/mol. The topological polar surface area (TPSA) is 26.6 Å². The Morgan fingerprint density at radius 2 is 1.21 bits per heavy atom. The van der Waals surface area contributed by atoms with Gasteiger partial charge in [-0.25, -0.2) is 9.55 Å². The third kappa shape index (κ3) is 5.03. The monoisotopic (exact) mass is 692 g/mol. The van der Waals surface area contributed by atoms with Crippen molar-refractivity contribution >= 4 is 61.7 Å². The average Bonchev–Trinajstić information content (AvgIpc) is 3.76. The lowest BCUT2D eigenvalue weighted by molar-refractivity contribution is -0.645. The maximum atomic E-state index is 8.32. The first-order chi connectivity index (χ1) is 26.5. The number of aryl methyl sites for hydroxylation is 1. The van der Waals surface area contributed by atoms with Gasteiger partial charge in [-0.15, -0.1) is 0 Å². The minimum absolute atomic E-state index is 0.0386. The third-order valence-corrected chi connectivity index (χ3v) is 15.3. The van der Waals surface area contributed by atoms with E-state index in [9.17, 15) is 0 Å². The molecule has 52 heavy (non-hydrogen) atoms. The van der Waals surface area contributed by atoms with Crippen LogP contribution in [-0.2, 0) is 12.4 Å². The Morgan fingerprint density at radius 3 is 1.94 bits per heavy atom. The highest BCUT2D eigenvalue weighted by Gasteiger charge is 2.42. The molecule has 0 fully saturated rings. The highest BCUT2D eigenvalue weighted by molar-refractivity contribution is 7.20. The van der Waals surface area contributed by atoms with Crippen molar-refractivity contribution in [1.29, 1.82) is 0 Å². The summed E-state index contributed by atoms with van der Waals surface area (Å²) in [7, 11) is -3.06. The van der Waals surface area contributed by atoms with Gasteiger partial charge >= 0.3 is 0 Å². The highest BCUT2D eigenvalue weighted by atomic mass is 28.3. The first-order valence-electron chi connectivity index (χ1n) is 19.3. The second kappa shape index (κ2) is 12.3. The van der Waals surface area contributed by atoms with E-state index in [1.807, 2.05) is 35.0 Å². The smallest absolute Gasteiger partial charge is 0.249 e. The molecule has 0 radical (unpaired) electrons. The van der Waals surface area contributed by atoms with E-state index >= 15 is 0 Å². The molecule has 0 atom stereocenters. The Balaban J connectivity index is 1.37. The van der Waals surface area contributed by atoms with E-state index in [4.69, 9.17) is 9.10 Å². The summed E-state index contributed by atoms with van der Waals surface area (Å²) in [5.74, 6) is 0.895. The van der Waals surface area contributed by atoms with Crippen LogP contribution in [0.15, 0.2) is 176 Å². The van der Waals surface area contributed by atoms with Gasteiger partial charge in [0.25, 0.3) is 0 Å². The summed E-state index contributed by atoms with van der Waals surface area (Å²) < 4.78 is 30.7. The zero-order chi connectivity index (χ0) is 38.0. The van der Waals surface area contributed by atoms with E-state index in [1.54, 1.807) is 6.33 Å². The molecule has 3 aromatic heterocycles. The molecule has 5 heteroatoms. The van der Waals surface area contributed by atoms with Crippen LogP contribution in [0.1, 0.15) is 30.4 Å². The summed E-state index contributed by atoms with van der Waals surface area (Å²) in [4.78, 5) is 4.98. The molecular formula is C47H41N4Si+. The first-order valence-corrected chi connectivity index (χ1v) is 19.8. The van der Waals surface area contributed by atoms with Crippen LogP contribution < -0.4 is 25.3 Å². The van der Waals surface area contributed by atoms with E-state index in [1.165, 1.54) is 41.6 Å². The van der Waals surface area contributed by atoms with Crippen molar-refractivity contribution in [1.82, 2.24) is 14.1 Å². The van der Waals surface area contributed by atoms with Gasteiger partial charge in [-0.3, -0.25) is 4.57 Å². The fourth-order valence-corrected chi connectivity index (χ4v) is 12.8. The van der Waals surface area contributed by atoms with Crippen LogP contribution in [0.2, 0.25) is 0 Å². The van der Waals surface area contributed by atoms with Gasteiger partial charge in [0.2, 0.25) is 6.33 Å². The summed E-state index contributed by atoms with van der Waals surface area (Å²) in [6.07, 6.45) is 3.65. The summed E-state index contributed by atoms with van der Waals surface area (Å²) in [6, 6.07) is 58.2. The van der Waals surface area contributed by atoms with Crippen LogP contribution in [-0.4, -0.2) is 22.2 Å². The predicted octanol–water partition coefficient (Wildman–Crippen LogP) is 7.62. The predicted molar refractivity (Wildman–Crippen MR) is 219 cm³/mol. The minimum Gasteiger partial charge on any atom is -0.294 e. The van der Waals surface area contributed by atoms with Gasteiger partial charge in [0.1, 0.15) is 11.5 Å².